The molecule has 0 saturated carbocycles. The Morgan fingerprint density at radius 3 is 2.55 bits per heavy atom. The average Bonchev–Trinajstić information content (AvgIpc) is 3.14. The second-order valence-corrected chi connectivity index (χ2v) is 7.96. The number of hydrogen-bond donors (Lipinski definition) is 2. The van der Waals surface area contributed by atoms with Gasteiger partial charge in [0.2, 0.25) is 5.91 Å². The molecule has 0 saturated heterocycles. The van der Waals surface area contributed by atoms with Crippen LogP contribution in [0.25, 0.3) is 16.9 Å². The van der Waals surface area contributed by atoms with Crippen molar-refractivity contribution in [3.8, 4) is 16.9 Å². The Balaban J connectivity index is 2.30. The monoisotopic (exact) mass is 392 g/mol. The summed E-state index contributed by atoms with van der Waals surface area (Å²) in [4.78, 5) is 16.9. The van der Waals surface area contributed by atoms with Gasteiger partial charge in [0.05, 0.1) is 11.4 Å². The van der Waals surface area contributed by atoms with Crippen molar-refractivity contribution >= 4 is 5.91 Å². The van der Waals surface area contributed by atoms with Crippen molar-refractivity contribution < 1.29 is 9.90 Å². The maximum absolute atomic E-state index is 12.4. The maximum atomic E-state index is 12.4. The van der Waals surface area contributed by atoms with E-state index < -0.39 is 5.91 Å². The lowest BCUT2D eigenvalue weighted by molar-refractivity contribution is 0.0998. The first kappa shape index (κ1) is 20.7. The molecule has 0 unspecified atom stereocenters. The summed E-state index contributed by atoms with van der Waals surface area (Å²) in [5, 5.41) is 14.4. The van der Waals surface area contributed by atoms with Crippen LogP contribution in [0.3, 0.4) is 0 Å². The van der Waals surface area contributed by atoms with Crippen LogP contribution in [-0.4, -0.2) is 32.4 Å². The fourth-order valence-corrected chi connectivity index (χ4v) is 3.53. The van der Waals surface area contributed by atoms with Crippen LogP contribution in [0.15, 0.2) is 42.7 Å². The normalized spacial score (nSPS) is 12.3. The first-order valence-corrected chi connectivity index (χ1v) is 9.86. The van der Waals surface area contributed by atoms with Crippen LogP contribution in [-0.2, 0) is 6.42 Å². The summed E-state index contributed by atoms with van der Waals surface area (Å²) in [5.74, 6) is -0.363. The molecule has 6 nitrogen and oxygen atoms in total. The van der Waals surface area contributed by atoms with E-state index in [1.54, 1.807) is 18.5 Å². The van der Waals surface area contributed by atoms with Gasteiger partial charge in [-0.3, -0.25) is 9.78 Å². The van der Waals surface area contributed by atoms with E-state index in [1.165, 1.54) is 0 Å². The fourth-order valence-electron chi connectivity index (χ4n) is 3.53. The van der Waals surface area contributed by atoms with Gasteiger partial charge < -0.3 is 10.8 Å². The highest BCUT2D eigenvalue weighted by molar-refractivity contribution is 5.97. The number of benzene rings is 1. The number of rotatable bonds is 7. The Kier molecular flexibility index (Phi) is 6.13. The van der Waals surface area contributed by atoms with Crippen LogP contribution in [0.5, 0.6) is 0 Å². The number of hydrogen-bond acceptors (Lipinski definition) is 4. The second kappa shape index (κ2) is 8.57. The molecule has 1 amide bonds. The van der Waals surface area contributed by atoms with Crippen molar-refractivity contribution in [3.05, 3.63) is 65.1 Å². The van der Waals surface area contributed by atoms with Gasteiger partial charge in [-0.15, -0.1) is 0 Å². The van der Waals surface area contributed by atoms with Crippen molar-refractivity contribution in [2.75, 3.05) is 6.61 Å². The smallest absolute Gasteiger partial charge is 0.249 e. The zero-order valence-corrected chi connectivity index (χ0v) is 17.4. The predicted octanol–water partition coefficient (Wildman–Crippen LogP) is 3.64. The quantitative estimate of drug-likeness (QED) is 0.642. The molecule has 0 aliphatic carbocycles. The lowest BCUT2D eigenvalue weighted by atomic mass is 9.90. The average molecular weight is 393 g/mol. The third-order valence-corrected chi connectivity index (χ3v) is 4.96. The van der Waals surface area contributed by atoms with Gasteiger partial charge in [0.1, 0.15) is 0 Å². The minimum Gasteiger partial charge on any atom is -0.396 e. The number of aliphatic hydroxyl groups is 1. The van der Waals surface area contributed by atoms with Gasteiger partial charge in [-0.1, -0.05) is 26.8 Å². The molecule has 29 heavy (non-hydrogen) atoms. The van der Waals surface area contributed by atoms with Crippen molar-refractivity contribution in [1.82, 2.24) is 14.8 Å². The van der Waals surface area contributed by atoms with Gasteiger partial charge in [-0.25, -0.2) is 4.68 Å². The molecule has 1 atom stereocenters. The number of aryl methyl sites for hydroxylation is 1. The van der Waals surface area contributed by atoms with Crippen molar-refractivity contribution in [3.63, 3.8) is 0 Å². The Morgan fingerprint density at radius 2 is 1.97 bits per heavy atom. The minimum absolute atomic E-state index is 0.101. The number of nitrogens with two attached hydrogens (primary N) is 1. The van der Waals surface area contributed by atoms with Crippen LogP contribution >= 0.6 is 0 Å². The molecule has 1 aromatic carbocycles. The molecule has 2 heterocycles. The second-order valence-electron chi connectivity index (χ2n) is 7.96. The van der Waals surface area contributed by atoms with Crippen molar-refractivity contribution in [1.29, 1.82) is 0 Å². The molecule has 6 heteroatoms. The van der Waals surface area contributed by atoms with Crippen molar-refractivity contribution in [2.45, 2.75) is 40.0 Å². The maximum Gasteiger partial charge on any atom is 0.249 e. The molecule has 0 fully saturated rings. The SMILES string of the molecule is Cc1ccc(-c2cc(C(N)=O)c([C@H](C)CO)c(-n3nccc3CC(C)C)c2)nc1. The molecule has 0 aliphatic heterocycles. The number of carbonyl (C=O) groups is 1. The van der Waals surface area contributed by atoms with E-state index in [9.17, 15) is 9.90 Å². The first-order valence-electron chi connectivity index (χ1n) is 9.86. The molecule has 0 spiro atoms. The molecule has 3 aromatic rings. The van der Waals surface area contributed by atoms with Crippen LogP contribution in [0.2, 0.25) is 0 Å². The minimum atomic E-state index is -0.534. The van der Waals surface area contributed by atoms with E-state index in [4.69, 9.17) is 5.73 Å². The molecule has 3 N–H and O–H groups in total. The summed E-state index contributed by atoms with van der Waals surface area (Å²) in [5.41, 5.74) is 11.2. The lowest BCUT2D eigenvalue weighted by Gasteiger charge is -2.21. The number of amides is 1. The highest BCUT2D eigenvalue weighted by atomic mass is 16.3. The first-order chi connectivity index (χ1) is 13.8. The van der Waals surface area contributed by atoms with Crippen molar-refractivity contribution in [2.24, 2.45) is 11.7 Å². The molecule has 0 radical (unpaired) electrons. The molecular weight excluding hydrogens is 364 g/mol. The predicted molar refractivity (Wildman–Crippen MR) is 114 cm³/mol. The van der Waals surface area contributed by atoms with Gasteiger partial charge in [0.25, 0.3) is 0 Å². The van der Waals surface area contributed by atoms with E-state index in [2.05, 4.69) is 23.9 Å². The Bertz CT molecular complexity index is 1010. The van der Waals surface area contributed by atoms with Gasteiger partial charge >= 0.3 is 0 Å². The van der Waals surface area contributed by atoms with E-state index in [1.807, 2.05) is 42.8 Å². The van der Waals surface area contributed by atoms with E-state index in [0.717, 1.165) is 34.6 Å². The number of carbonyl (C=O) groups excluding carboxylic acids is 1. The topological polar surface area (TPSA) is 94.0 Å². The number of aliphatic hydroxyl groups excluding tert-OH is 1. The number of pyridine rings is 1. The van der Waals surface area contributed by atoms with Crippen LogP contribution in [0.1, 0.15) is 53.9 Å². The summed E-state index contributed by atoms with van der Waals surface area (Å²) in [6, 6.07) is 9.62. The van der Waals surface area contributed by atoms with Gasteiger partial charge in [0, 0.05) is 41.7 Å². The highest BCUT2D eigenvalue weighted by Crippen LogP contribution is 2.33. The zero-order chi connectivity index (χ0) is 21.1. The Hall–Kier alpha value is -2.99. The Morgan fingerprint density at radius 1 is 1.21 bits per heavy atom. The number of nitrogens with zero attached hydrogens (tertiary/aromatic N) is 3. The zero-order valence-electron chi connectivity index (χ0n) is 17.4. The molecule has 3 rings (SSSR count). The summed E-state index contributed by atoms with van der Waals surface area (Å²) in [7, 11) is 0. The lowest BCUT2D eigenvalue weighted by Crippen LogP contribution is -2.20. The largest absolute Gasteiger partial charge is 0.396 e. The van der Waals surface area contributed by atoms with Gasteiger partial charge in [-0.2, -0.15) is 5.10 Å². The third kappa shape index (κ3) is 4.38. The Labute approximate surface area is 171 Å². The standard InChI is InChI=1S/C23H28N4O2/c1-14(2)9-18-7-8-26-27(18)21-11-17(20-6-5-15(3)12-25-20)10-19(23(24)29)22(21)16(4)13-28/h5-8,10-12,14,16,28H,9,13H2,1-4H3,(H2,24,29)/t16-/m1/s1. The van der Waals surface area contributed by atoms with Gasteiger partial charge in [-0.05, 0) is 54.7 Å². The molecule has 152 valence electrons. The fraction of sp³-hybridized carbons (Fsp3) is 0.348. The van der Waals surface area contributed by atoms with Crippen LogP contribution in [0, 0.1) is 12.8 Å². The van der Waals surface area contributed by atoms with E-state index in [0.29, 0.717) is 17.0 Å². The molecule has 0 bridgehead atoms. The molecule has 0 aliphatic rings. The van der Waals surface area contributed by atoms with Crippen LogP contribution in [0.4, 0.5) is 0 Å². The number of aromatic nitrogens is 3. The van der Waals surface area contributed by atoms with E-state index >= 15 is 0 Å². The summed E-state index contributed by atoms with van der Waals surface area (Å²) in [6.07, 6.45) is 4.39. The number of primary amides is 1. The highest BCUT2D eigenvalue weighted by Gasteiger charge is 2.23. The van der Waals surface area contributed by atoms with Crippen LogP contribution < -0.4 is 5.73 Å². The van der Waals surface area contributed by atoms with Gasteiger partial charge in [0.15, 0.2) is 0 Å². The summed E-state index contributed by atoms with van der Waals surface area (Å²) >= 11 is 0. The summed E-state index contributed by atoms with van der Waals surface area (Å²) < 4.78 is 1.85. The molecular formula is C23H28N4O2. The van der Waals surface area contributed by atoms with E-state index in [-0.39, 0.29) is 12.5 Å². The molecule has 2 aromatic heterocycles. The third-order valence-electron chi connectivity index (χ3n) is 4.96. The summed E-state index contributed by atoms with van der Waals surface area (Å²) in [6.45, 7) is 8.05.